The lowest BCUT2D eigenvalue weighted by molar-refractivity contribution is -0.153. The van der Waals surface area contributed by atoms with Crippen LogP contribution < -0.4 is 5.32 Å². The van der Waals surface area contributed by atoms with Crippen molar-refractivity contribution >= 4 is 46.8 Å². The van der Waals surface area contributed by atoms with Gasteiger partial charge in [-0.25, -0.2) is 0 Å². The highest BCUT2D eigenvalue weighted by atomic mass is 35.5. The molecule has 0 aromatic heterocycles. The molecule has 31 heavy (non-hydrogen) atoms. The zero-order chi connectivity index (χ0) is 23.4. The molecule has 0 aliphatic rings. The van der Waals surface area contributed by atoms with Gasteiger partial charge in [-0.3, -0.25) is 4.79 Å². The van der Waals surface area contributed by atoms with Crippen LogP contribution in [0.25, 0.3) is 6.08 Å². The minimum absolute atomic E-state index is 0.0464. The van der Waals surface area contributed by atoms with Gasteiger partial charge in [0.1, 0.15) is 6.42 Å². The second-order valence-corrected chi connectivity index (χ2v) is 7.68. The zero-order valence-electron chi connectivity index (χ0n) is 15.4. The first-order valence-corrected chi connectivity index (χ1v) is 9.71. The SMILES string of the molecule is O=C(CC(F)(F)F)NCc1ccc(/C=C/C(c2cc(Cl)c(Cl)c(Cl)c2)C(F)(F)F)cc1. The number of nitrogens with one attached hydrogen (secondary N) is 1. The number of carbonyl (C=O) groups is 1. The quantitative estimate of drug-likeness (QED) is 0.319. The van der Waals surface area contributed by atoms with Crippen LogP contribution in [0.1, 0.15) is 29.0 Å². The van der Waals surface area contributed by atoms with E-state index in [0.717, 1.165) is 18.2 Å². The Morgan fingerprint density at radius 3 is 2.00 bits per heavy atom. The third kappa shape index (κ3) is 7.94. The van der Waals surface area contributed by atoms with Crippen LogP contribution in [-0.2, 0) is 11.3 Å². The second-order valence-electron chi connectivity index (χ2n) is 6.49. The summed E-state index contributed by atoms with van der Waals surface area (Å²) in [6.45, 7) is -0.147. The first-order chi connectivity index (χ1) is 14.3. The van der Waals surface area contributed by atoms with Crippen LogP contribution in [0.15, 0.2) is 42.5 Å². The Balaban J connectivity index is 2.12. The second kappa shape index (κ2) is 10.1. The van der Waals surface area contributed by atoms with Crippen molar-refractivity contribution in [3.63, 3.8) is 0 Å². The predicted molar refractivity (Wildman–Crippen MR) is 108 cm³/mol. The van der Waals surface area contributed by atoms with E-state index in [4.69, 9.17) is 34.8 Å². The number of hydrogen-bond donors (Lipinski definition) is 1. The third-order valence-corrected chi connectivity index (χ3v) is 5.23. The number of rotatable bonds is 6. The molecule has 0 aliphatic heterocycles. The number of alkyl halides is 6. The molecule has 0 spiro atoms. The summed E-state index contributed by atoms with van der Waals surface area (Å²) in [6, 6.07) is 8.07. The van der Waals surface area contributed by atoms with Crippen molar-refractivity contribution in [1.82, 2.24) is 5.32 Å². The molecule has 0 radical (unpaired) electrons. The molecule has 0 bridgehead atoms. The first kappa shape index (κ1) is 25.4. The summed E-state index contributed by atoms with van der Waals surface area (Å²) in [7, 11) is 0. The third-order valence-electron chi connectivity index (χ3n) is 4.03. The fourth-order valence-corrected chi connectivity index (χ4v) is 3.18. The van der Waals surface area contributed by atoms with E-state index in [9.17, 15) is 31.1 Å². The fraction of sp³-hybridized carbons (Fsp3) is 0.250. The van der Waals surface area contributed by atoms with E-state index >= 15 is 0 Å². The van der Waals surface area contributed by atoms with Gasteiger partial charge in [0.25, 0.3) is 0 Å². The summed E-state index contributed by atoms with van der Waals surface area (Å²) < 4.78 is 77.0. The molecule has 2 aromatic carbocycles. The van der Waals surface area contributed by atoms with Gasteiger partial charge in [-0.15, -0.1) is 0 Å². The molecule has 0 saturated heterocycles. The van der Waals surface area contributed by atoms with Crippen LogP contribution in [0.4, 0.5) is 26.3 Å². The molecule has 2 rings (SSSR count). The maximum atomic E-state index is 13.5. The lowest BCUT2D eigenvalue weighted by Crippen LogP contribution is -2.28. The number of halogens is 9. The average molecular weight is 505 g/mol. The summed E-state index contributed by atoms with van der Waals surface area (Å²) in [5.74, 6) is -3.18. The maximum absolute atomic E-state index is 13.5. The molecule has 0 heterocycles. The minimum Gasteiger partial charge on any atom is -0.352 e. The fourth-order valence-electron chi connectivity index (χ4n) is 2.56. The zero-order valence-corrected chi connectivity index (χ0v) is 17.7. The molecule has 0 fully saturated rings. The largest absolute Gasteiger partial charge is 0.399 e. The van der Waals surface area contributed by atoms with Gasteiger partial charge < -0.3 is 5.32 Å². The Hall–Kier alpha value is -1.90. The van der Waals surface area contributed by atoms with Gasteiger partial charge in [0.05, 0.1) is 21.0 Å². The molecular formula is C20H14Cl3F6NO. The first-order valence-electron chi connectivity index (χ1n) is 8.58. The minimum atomic E-state index is -4.63. The van der Waals surface area contributed by atoms with Crippen LogP contribution in [0.3, 0.4) is 0 Å². The van der Waals surface area contributed by atoms with Crippen molar-refractivity contribution < 1.29 is 31.1 Å². The van der Waals surface area contributed by atoms with Crippen molar-refractivity contribution in [1.29, 1.82) is 0 Å². The summed E-state index contributed by atoms with van der Waals surface area (Å²) in [4.78, 5) is 11.2. The lowest BCUT2D eigenvalue weighted by atomic mass is 9.97. The Morgan fingerprint density at radius 2 is 1.52 bits per heavy atom. The molecule has 11 heteroatoms. The Kier molecular flexibility index (Phi) is 8.30. The van der Waals surface area contributed by atoms with Crippen LogP contribution in [0.5, 0.6) is 0 Å². The smallest absolute Gasteiger partial charge is 0.352 e. The van der Waals surface area contributed by atoms with Crippen LogP contribution in [0.2, 0.25) is 15.1 Å². The monoisotopic (exact) mass is 503 g/mol. The van der Waals surface area contributed by atoms with E-state index in [2.05, 4.69) is 5.32 Å². The molecule has 0 saturated carbocycles. The molecule has 1 unspecified atom stereocenters. The highest BCUT2D eigenvalue weighted by Gasteiger charge is 2.39. The number of amides is 1. The number of benzene rings is 2. The van der Waals surface area contributed by atoms with E-state index in [1.165, 1.54) is 30.3 Å². The Labute approximate surface area is 188 Å². The van der Waals surface area contributed by atoms with E-state index in [-0.39, 0.29) is 27.2 Å². The van der Waals surface area contributed by atoms with Crippen LogP contribution in [0, 0.1) is 0 Å². The topological polar surface area (TPSA) is 29.1 Å². The molecule has 1 atom stereocenters. The van der Waals surface area contributed by atoms with E-state index in [1.54, 1.807) is 0 Å². The molecule has 1 N–H and O–H groups in total. The number of allylic oxidation sites excluding steroid dienone is 1. The highest BCUT2D eigenvalue weighted by Crippen LogP contribution is 2.41. The van der Waals surface area contributed by atoms with Gasteiger partial charge in [0.2, 0.25) is 5.91 Å². The van der Waals surface area contributed by atoms with Crippen molar-refractivity contribution in [3.8, 4) is 0 Å². The number of hydrogen-bond acceptors (Lipinski definition) is 1. The lowest BCUT2D eigenvalue weighted by Gasteiger charge is -2.18. The van der Waals surface area contributed by atoms with Gasteiger partial charge in [0, 0.05) is 6.54 Å². The molecule has 168 valence electrons. The maximum Gasteiger partial charge on any atom is 0.399 e. The molecule has 2 nitrogen and oxygen atoms in total. The molecule has 0 aliphatic carbocycles. The van der Waals surface area contributed by atoms with Crippen LogP contribution >= 0.6 is 34.8 Å². The normalized spacial score (nSPS) is 13.5. The van der Waals surface area contributed by atoms with Gasteiger partial charge in [-0.2, -0.15) is 26.3 Å². The molecular weight excluding hydrogens is 491 g/mol. The van der Waals surface area contributed by atoms with Crippen molar-refractivity contribution in [2.45, 2.75) is 31.2 Å². The van der Waals surface area contributed by atoms with Gasteiger partial charge in [-0.1, -0.05) is 71.2 Å². The molecule has 2 aromatic rings. The van der Waals surface area contributed by atoms with Gasteiger partial charge in [0.15, 0.2) is 0 Å². The van der Waals surface area contributed by atoms with Gasteiger partial charge in [-0.05, 0) is 28.8 Å². The standard InChI is InChI=1S/C20H14Cl3F6NO/c21-15-7-13(8-16(22)18(15)23)14(20(27,28)29)6-5-11-1-3-12(4-2-11)10-30-17(31)9-19(24,25)26/h1-8,14H,9-10H2,(H,30,31)/b6-5+. The van der Waals surface area contributed by atoms with Crippen molar-refractivity contribution in [2.24, 2.45) is 0 Å². The van der Waals surface area contributed by atoms with Crippen molar-refractivity contribution in [2.75, 3.05) is 0 Å². The Morgan fingerprint density at radius 1 is 0.968 bits per heavy atom. The summed E-state index contributed by atoms with van der Waals surface area (Å²) >= 11 is 17.5. The average Bonchev–Trinajstić information content (AvgIpc) is 2.63. The summed E-state index contributed by atoms with van der Waals surface area (Å²) in [6.07, 6.45) is -8.66. The van der Waals surface area contributed by atoms with Crippen LogP contribution in [-0.4, -0.2) is 18.3 Å². The predicted octanol–water partition coefficient (Wildman–Crippen LogP) is 7.57. The van der Waals surface area contributed by atoms with E-state index in [1.807, 2.05) is 0 Å². The van der Waals surface area contributed by atoms with Crippen molar-refractivity contribution in [3.05, 3.63) is 74.2 Å². The van der Waals surface area contributed by atoms with Gasteiger partial charge >= 0.3 is 12.4 Å². The number of carbonyl (C=O) groups excluding carboxylic acids is 1. The Bertz CT molecular complexity index is 932. The summed E-state index contributed by atoms with van der Waals surface area (Å²) in [5, 5.41) is 1.86. The van der Waals surface area contributed by atoms with E-state index in [0.29, 0.717) is 11.1 Å². The molecule has 1 amide bonds. The van der Waals surface area contributed by atoms with E-state index < -0.39 is 30.6 Å². The highest BCUT2D eigenvalue weighted by molar-refractivity contribution is 6.48. The summed E-state index contributed by atoms with van der Waals surface area (Å²) in [5.41, 5.74) is 0.703.